The average molecular weight is 681 g/mol. The minimum absolute atomic E-state index is 0.0568. The van der Waals surface area contributed by atoms with Crippen LogP contribution >= 0.6 is 0 Å². The molecule has 0 aromatic heterocycles. The van der Waals surface area contributed by atoms with Gasteiger partial charge in [-0.1, -0.05) is 121 Å². The summed E-state index contributed by atoms with van der Waals surface area (Å²) < 4.78 is 7.02. The van der Waals surface area contributed by atoms with E-state index in [9.17, 15) is 0 Å². The summed E-state index contributed by atoms with van der Waals surface area (Å²) in [6, 6.07) is 61.2. The van der Waals surface area contributed by atoms with Gasteiger partial charge in [0.25, 0.3) is 6.71 Å². The maximum absolute atomic E-state index is 7.02. The predicted octanol–water partition coefficient (Wildman–Crippen LogP) is 10.7. The third-order valence-electron chi connectivity index (χ3n) is 10.8. The van der Waals surface area contributed by atoms with E-state index >= 15 is 0 Å². The Morgan fingerprint density at radius 2 is 1.06 bits per heavy atom. The third-order valence-corrected chi connectivity index (χ3v) is 10.8. The maximum Gasteiger partial charge on any atom is 0.251 e. The van der Waals surface area contributed by atoms with Crippen LogP contribution in [0.4, 0.5) is 28.4 Å². The van der Waals surface area contributed by atoms with Crippen molar-refractivity contribution in [1.29, 1.82) is 0 Å². The molecule has 7 aromatic rings. The lowest BCUT2D eigenvalue weighted by molar-refractivity contribution is 0.487. The Hall–Kier alpha value is -6.52. The second kappa shape index (κ2) is 13.2. The first kappa shape index (κ1) is 31.2. The first-order valence-corrected chi connectivity index (χ1v) is 18.6. The van der Waals surface area contributed by atoms with Crippen LogP contribution in [-0.2, 0) is 6.42 Å². The summed E-state index contributed by atoms with van der Waals surface area (Å²) in [5.41, 5.74) is 15.7. The lowest BCUT2D eigenvalue weighted by atomic mass is 9.32. The van der Waals surface area contributed by atoms with Crippen LogP contribution in [-0.4, -0.2) is 6.71 Å². The van der Waals surface area contributed by atoms with E-state index in [0.717, 1.165) is 59.2 Å². The van der Waals surface area contributed by atoms with E-state index in [1.807, 2.05) is 0 Å². The number of rotatable bonds is 7. The van der Waals surface area contributed by atoms with Gasteiger partial charge >= 0.3 is 0 Å². The Morgan fingerprint density at radius 3 is 1.70 bits per heavy atom. The molecule has 0 N–H and O–H groups in total. The van der Waals surface area contributed by atoms with Gasteiger partial charge < -0.3 is 14.5 Å². The zero-order chi connectivity index (χ0) is 35.1. The largest absolute Gasteiger partial charge is 0.458 e. The van der Waals surface area contributed by atoms with Gasteiger partial charge in [-0.2, -0.15) is 0 Å². The minimum Gasteiger partial charge on any atom is -0.458 e. The van der Waals surface area contributed by atoms with Gasteiger partial charge in [0.05, 0.1) is 0 Å². The summed E-state index contributed by atoms with van der Waals surface area (Å²) in [5.74, 6) is 1.86. The lowest BCUT2D eigenvalue weighted by Crippen LogP contribution is -2.59. The number of hydrogen-bond acceptors (Lipinski definition) is 3. The van der Waals surface area contributed by atoms with Crippen molar-refractivity contribution >= 4 is 51.5 Å². The minimum atomic E-state index is 0.0568. The number of hydrogen-bond donors (Lipinski definition) is 0. The Labute approximate surface area is 311 Å². The zero-order valence-corrected chi connectivity index (χ0v) is 29.4. The van der Waals surface area contributed by atoms with Crippen molar-refractivity contribution in [3.8, 4) is 22.6 Å². The van der Waals surface area contributed by atoms with Crippen LogP contribution in [0.3, 0.4) is 0 Å². The second-order valence-electron chi connectivity index (χ2n) is 14.0. The smallest absolute Gasteiger partial charge is 0.251 e. The van der Waals surface area contributed by atoms with Gasteiger partial charge in [-0.3, -0.25) is 0 Å². The van der Waals surface area contributed by atoms with Crippen molar-refractivity contribution in [1.82, 2.24) is 0 Å². The number of nitrogens with zero attached hydrogens (tertiary/aromatic N) is 2. The maximum atomic E-state index is 7.02. The molecule has 0 saturated carbocycles. The van der Waals surface area contributed by atoms with Crippen molar-refractivity contribution in [3.05, 3.63) is 205 Å². The number of fused-ring (bicyclic) bond motifs is 4. The number of benzene rings is 7. The summed E-state index contributed by atoms with van der Waals surface area (Å²) in [5, 5.41) is 0. The van der Waals surface area contributed by atoms with E-state index in [1.165, 1.54) is 44.3 Å². The van der Waals surface area contributed by atoms with Crippen LogP contribution in [0.5, 0.6) is 11.5 Å². The van der Waals surface area contributed by atoms with Crippen molar-refractivity contribution in [3.63, 3.8) is 0 Å². The zero-order valence-electron chi connectivity index (χ0n) is 29.4. The quantitative estimate of drug-likeness (QED) is 0.156. The molecule has 0 spiro atoms. The highest BCUT2D eigenvalue weighted by Gasteiger charge is 2.39. The van der Waals surface area contributed by atoms with Gasteiger partial charge in [-0.25, -0.2) is 0 Å². The molecule has 0 saturated heterocycles. The fourth-order valence-corrected chi connectivity index (χ4v) is 8.39. The SMILES string of the molecule is C1=CC(N(c2ccccc2)c2ccc3c(c2)Oc2cc(-c4ccccc4)cc4c2B3c2ccc(N(c3ccccc3)c3ccccc3)cc2C4)=CCC1. The van der Waals surface area contributed by atoms with Crippen LogP contribution in [0.25, 0.3) is 11.1 Å². The van der Waals surface area contributed by atoms with E-state index in [4.69, 9.17) is 4.74 Å². The van der Waals surface area contributed by atoms with Crippen LogP contribution in [0.2, 0.25) is 0 Å². The van der Waals surface area contributed by atoms with Gasteiger partial charge in [-0.15, -0.1) is 0 Å². The number of anilines is 5. The molecule has 2 aliphatic heterocycles. The van der Waals surface area contributed by atoms with E-state index in [0.29, 0.717) is 0 Å². The molecule has 3 nitrogen and oxygen atoms in total. The fraction of sp³-hybridized carbons (Fsp3) is 0.0612. The first-order chi connectivity index (χ1) is 26.3. The van der Waals surface area contributed by atoms with E-state index in [-0.39, 0.29) is 6.71 Å². The predicted molar refractivity (Wildman–Crippen MR) is 222 cm³/mol. The number of para-hydroxylation sites is 3. The molecule has 0 bridgehead atoms. The second-order valence-corrected chi connectivity index (χ2v) is 14.0. The number of allylic oxidation sites excluding steroid dienone is 3. The van der Waals surface area contributed by atoms with E-state index < -0.39 is 0 Å². The van der Waals surface area contributed by atoms with E-state index in [1.54, 1.807) is 0 Å². The highest BCUT2D eigenvalue weighted by Crippen LogP contribution is 2.40. The number of ether oxygens (including phenoxy) is 1. The monoisotopic (exact) mass is 680 g/mol. The molecule has 0 unspecified atom stereocenters. The third kappa shape index (κ3) is 5.64. The molecule has 53 heavy (non-hydrogen) atoms. The van der Waals surface area contributed by atoms with Gasteiger partial charge in [0.2, 0.25) is 0 Å². The molecule has 0 atom stereocenters. The molecule has 0 amide bonds. The molecular formula is C49H37BN2O. The molecule has 0 radical (unpaired) electrons. The molecule has 252 valence electrons. The highest BCUT2D eigenvalue weighted by atomic mass is 16.5. The molecule has 1 aliphatic carbocycles. The van der Waals surface area contributed by atoms with Crippen LogP contribution < -0.4 is 30.9 Å². The van der Waals surface area contributed by atoms with Crippen molar-refractivity contribution in [2.24, 2.45) is 0 Å². The van der Waals surface area contributed by atoms with Crippen molar-refractivity contribution in [2.45, 2.75) is 19.3 Å². The lowest BCUT2D eigenvalue weighted by Gasteiger charge is -2.36. The Balaban J connectivity index is 1.14. The Morgan fingerprint density at radius 1 is 0.453 bits per heavy atom. The van der Waals surface area contributed by atoms with E-state index in [2.05, 4.69) is 198 Å². The summed E-state index contributed by atoms with van der Waals surface area (Å²) in [6.45, 7) is 0.0568. The van der Waals surface area contributed by atoms with Crippen molar-refractivity contribution < 1.29 is 4.74 Å². The fourth-order valence-electron chi connectivity index (χ4n) is 8.39. The summed E-state index contributed by atoms with van der Waals surface area (Å²) in [6.07, 6.45) is 9.78. The average Bonchev–Trinajstić information content (AvgIpc) is 3.22. The normalized spacial score (nSPS) is 13.6. The highest BCUT2D eigenvalue weighted by molar-refractivity contribution is 6.97. The molecule has 4 heteroatoms. The summed E-state index contributed by atoms with van der Waals surface area (Å²) >= 11 is 0. The van der Waals surface area contributed by atoms with Crippen molar-refractivity contribution in [2.75, 3.05) is 9.80 Å². The molecule has 10 rings (SSSR count). The van der Waals surface area contributed by atoms with Gasteiger partial charge in [0, 0.05) is 40.2 Å². The van der Waals surface area contributed by atoms with Gasteiger partial charge in [-0.05, 0) is 119 Å². The Bertz CT molecular complexity index is 2470. The molecular weight excluding hydrogens is 643 g/mol. The molecule has 2 heterocycles. The van der Waals surface area contributed by atoms with Crippen LogP contribution in [0.15, 0.2) is 194 Å². The Kier molecular flexibility index (Phi) is 7.80. The standard InChI is InChI=1S/C49H37BN2O/c1-6-16-35(17-7-1)36-30-38-31-37-32-43(51(39-18-8-2-9-19-39)40-20-10-3-11-21-40)26-28-45(37)50-46-29-27-44(34-47(46)53-48(33-36)49(38)50)52(41-22-12-4-13-23-41)42-24-14-5-15-25-42/h1-4,6-14,16-30,32-34H,5,15,31H2. The molecule has 0 fully saturated rings. The van der Waals surface area contributed by atoms with Gasteiger partial charge in [0.15, 0.2) is 0 Å². The molecule has 3 aliphatic rings. The molecule has 7 aromatic carbocycles. The summed E-state index contributed by atoms with van der Waals surface area (Å²) in [4.78, 5) is 4.71. The first-order valence-electron chi connectivity index (χ1n) is 18.6. The topological polar surface area (TPSA) is 15.7 Å². The summed E-state index contributed by atoms with van der Waals surface area (Å²) in [7, 11) is 0. The van der Waals surface area contributed by atoms with Gasteiger partial charge in [0.1, 0.15) is 11.5 Å². The van der Waals surface area contributed by atoms with Crippen LogP contribution in [0.1, 0.15) is 24.0 Å². The van der Waals surface area contributed by atoms with Crippen LogP contribution in [0, 0.1) is 0 Å².